The Bertz CT molecular complexity index is 843. The molecule has 28 heavy (non-hydrogen) atoms. The van der Waals surface area contributed by atoms with Crippen molar-refractivity contribution in [1.29, 1.82) is 0 Å². The number of nitrogens with one attached hydrogen (secondary N) is 2. The molecule has 2 heterocycles. The average Bonchev–Trinajstić information content (AvgIpc) is 3.42. The van der Waals surface area contributed by atoms with E-state index in [4.69, 9.17) is 12.2 Å². The van der Waals surface area contributed by atoms with Crippen molar-refractivity contribution in [3.8, 4) is 0 Å². The van der Waals surface area contributed by atoms with E-state index in [0.29, 0.717) is 5.11 Å². The summed E-state index contributed by atoms with van der Waals surface area (Å²) in [5, 5.41) is 7.07. The number of anilines is 3. The van der Waals surface area contributed by atoms with Crippen LogP contribution in [0, 0.1) is 0 Å². The quantitative estimate of drug-likeness (QED) is 0.756. The number of hydrogen-bond acceptors (Lipinski definition) is 3. The summed E-state index contributed by atoms with van der Waals surface area (Å²) in [6.07, 6.45) is 4.57. The lowest BCUT2D eigenvalue weighted by atomic mass is 10.1. The minimum Gasteiger partial charge on any atom is -0.370 e. The summed E-state index contributed by atoms with van der Waals surface area (Å²) in [6.45, 7) is 3.77. The van der Waals surface area contributed by atoms with Crippen LogP contribution in [0.2, 0.25) is 0 Å². The molecule has 0 saturated carbocycles. The predicted molar refractivity (Wildman–Crippen MR) is 119 cm³/mol. The predicted octanol–water partition coefficient (Wildman–Crippen LogP) is 4.33. The van der Waals surface area contributed by atoms with Crippen LogP contribution in [0.4, 0.5) is 17.1 Å². The second-order valence-electron chi connectivity index (χ2n) is 7.37. The third-order valence-corrected chi connectivity index (χ3v) is 5.57. The van der Waals surface area contributed by atoms with Gasteiger partial charge in [0.15, 0.2) is 5.11 Å². The lowest BCUT2D eigenvalue weighted by molar-refractivity contribution is 0.0793. The summed E-state index contributed by atoms with van der Waals surface area (Å²) < 4.78 is 0. The molecule has 0 bridgehead atoms. The number of carbonyl (C=O) groups is 1. The number of rotatable bonds is 4. The van der Waals surface area contributed by atoms with Gasteiger partial charge in [0.25, 0.3) is 5.91 Å². The van der Waals surface area contributed by atoms with Crippen molar-refractivity contribution in [2.24, 2.45) is 0 Å². The van der Waals surface area contributed by atoms with Crippen LogP contribution < -0.4 is 15.5 Å². The van der Waals surface area contributed by atoms with Gasteiger partial charge in [-0.1, -0.05) is 18.2 Å². The molecule has 2 saturated heterocycles. The molecule has 5 nitrogen and oxygen atoms in total. The largest absolute Gasteiger partial charge is 0.370 e. The topological polar surface area (TPSA) is 47.6 Å². The molecule has 146 valence electrons. The smallest absolute Gasteiger partial charge is 0.253 e. The van der Waals surface area contributed by atoms with E-state index in [2.05, 4.69) is 21.6 Å². The molecule has 0 atom stereocenters. The SMILES string of the molecule is O=C(c1ccc(N2CCCC2)c(NC(=S)Nc2ccccc2)c1)N1CCCC1. The van der Waals surface area contributed by atoms with E-state index in [1.807, 2.05) is 47.4 Å². The molecule has 0 radical (unpaired) electrons. The molecular formula is C22H26N4OS. The van der Waals surface area contributed by atoms with Gasteiger partial charge in [-0.25, -0.2) is 0 Å². The molecule has 0 aliphatic carbocycles. The van der Waals surface area contributed by atoms with Gasteiger partial charge >= 0.3 is 0 Å². The third-order valence-electron chi connectivity index (χ3n) is 5.36. The number of likely N-dealkylation sites (tertiary alicyclic amines) is 1. The second kappa shape index (κ2) is 8.61. The maximum Gasteiger partial charge on any atom is 0.253 e. The van der Waals surface area contributed by atoms with Crippen molar-refractivity contribution in [2.45, 2.75) is 25.7 Å². The zero-order chi connectivity index (χ0) is 19.3. The van der Waals surface area contributed by atoms with Crippen molar-refractivity contribution in [3.05, 3.63) is 54.1 Å². The Morgan fingerprint density at radius 3 is 2.25 bits per heavy atom. The first-order valence-electron chi connectivity index (χ1n) is 10.0. The standard InChI is InChI=1S/C22H26N4OS/c27-21(26-14-6-7-15-26)17-10-11-20(25-12-4-5-13-25)19(16-17)24-22(28)23-18-8-2-1-3-9-18/h1-3,8-11,16H,4-7,12-15H2,(H2,23,24,28). The van der Waals surface area contributed by atoms with Crippen molar-refractivity contribution >= 4 is 40.3 Å². The summed E-state index contributed by atoms with van der Waals surface area (Å²) in [5.41, 5.74) is 3.65. The molecule has 2 aliphatic rings. The molecule has 2 N–H and O–H groups in total. The monoisotopic (exact) mass is 394 g/mol. The Morgan fingerprint density at radius 2 is 1.54 bits per heavy atom. The van der Waals surface area contributed by atoms with Crippen molar-refractivity contribution in [1.82, 2.24) is 4.90 Å². The number of thiocarbonyl (C=S) groups is 1. The Morgan fingerprint density at radius 1 is 0.857 bits per heavy atom. The first-order valence-corrected chi connectivity index (χ1v) is 10.4. The van der Waals surface area contributed by atoms with Crippen LogP contribution in [0.25, 0.3) is 0 Å². The Kier molecular flexibility index (Phi) is 5.76. The van der Waals surface area contributed by atoms with Crippen molar-refractivity contribution < 1.29 is 4.79 Å². The number of hydrogen-bond donors (Lipinski definition) is 2. The Hall–Kier alpha value is -2.60. The normalized spacial score (nSPS) is 16.3. The van der Waals surface area contributed by atoms with E-state index in [1.54, 1.807) is 0 Å². The fourth-order valence-corrected chi connectivity index (χ4v) is 4.14. The summed E-state index contributed by atoms with van der Waals surface area (Å²) >= 11 is 5.53. The molecule has 4 rings (SSSR count). The Balaban J connectivity index is 1.57. The van der Waals surface area contributed by atoms with Crippen molar-refractivity contribution in [3.63, 3.8) is 0 Å². The highest BCUT2D eigenvalue weighted by atomic mass is 32.1. The van der Waals surface area contributed by atoms with Crippen LogP contribution >= 0.6 is 12.2 Å². The molecule has 6 heteroatoms. The molecule has 1 amide bonds. The van der Waals surface area contributed by atoms with Gasteiger partial charge in [0.1, 0.15) is 0 Å². The highest BCUT2D eigenvalue weighted by Crippen LogP contribution is 2.31. The van der Waals surface area contributed by atoms with E-state index in [9.17, 15) is 4.79 Å². The third kappa shape index (κ3) is 4.28. The summed E-state index contributed by atoms with van der Waals surface area (Å²) in [4.78, 5) is 17.1. The maximum absolute atomic E-state index is 12.8. The number of nitrogens with zero attached hydrogens (tertiary/aromatic N) is 2. The molecule has 0 aromatic heterocycles. The van der Waals surface area contributed by atoms with Crippen LogP contribution in [-0.4, -0.2) is 42.1 Å². The molecular weight excluding hydrogens is 368 g/mol. The van der Waals surface area contributed by atoms with E-state index in [0.717, 1.165) is 61.6 Å². The lowest BCUT2D eigenvalue weighted by Crippen LogP contribution is -2.28. The van der Waals surface area contributed by atoms with Gasteiger partial charge in [0.2, 0.25) is 0 Å². The first-order chi connectivity index (χ1) is 13.7. The maximum atomic E-state index is 12.8. The number of carbonyl (C=O) groups excluding carboxylic acids is 1. The number of para-hydroxylation sites is 1. The average molecular weight is 395 g/mol. The van der Waals surface area contributed by atoms with Gasteiger partial charge in [-0.3, -0.25) is 4.79 Å². The van der Waals surface area contributed by atoms with E-state index >= 15 is 0 Å². The zero-order valence-corrected chi connectivity index (χ0v) is 16.8. The van der Waals surface area contributed by atoms with Gasteiger partial charge < -0.3 is 20.4 Å². The summed E-state index contributed by atoms with van der Waals surface area (Å²) in [5.74, 6) is 0.107. The first kappa shape index (κ1) is 18.7. The highest BCUT2D eigenvalue weighted by Gasteiger charge is 2.22. The van der Waals surface area contributed by atoms with Gasteiger partial charge in [0.05, 0.1) is 11.4 Å². The highest BCUT2D eigenvalue weighted by molar-refractivity contribution is 7.80. The van der Waals surface area contributed by atoms with Crippen LogP contribution in [0.15, 0.2) is 48.5 Å². The Labute approximate surface area is 171 Å². The van der Waals surface area contributed by atoms with Crippen LogP contribution in [0.3, 0.4) is 0 Å². The number of benzene rings is 2. The van der Waals surface area contributed by atoms with Crippen LogP contribution in [-0.2, 0) is 0 Å². The molecule has 2 aliphatic heterocycles. The summed E-state index contributed by atoms with van der Waals surface area (Å²) in [6, 6.07) is 15.8. The van der Waals surface area contributed by atoms with Gasteiger partial charge in [0, 0.05) is 37.4 Å². The van der Waals surface area contributed by atoms with Gasteiger partial charge in [-0.05, 0) is 68.2 Å². The second-order valence-corrected chi connectivity index (χ2v) is 7.78. The minimum absolute atomic E-state index is 0.107. The molecule has 2 aromatic carbocycles. The van der Waals surface area contributed by atoms with E-state index in [1.165, 1.54) is 12.8 Å². The molecule has 2 aromatic rings. The van der Waals surface area contributed by atoms with Crippen LogP contribution in [0.1, 0.15) is 36.0 Å². The van der Waals surface area contributed by atoms with E-state index in [-0.39, 0.29) is 5.91 Å². The minimum atomic E-state index is 0.107. The molecule has 0 unspecified atom stereocenters. The van der Waals surface area contributed by atoms with Gasteiger partial charge in [-0.2, -0.15) is 0 Å². The lowest BCUT2D eigenvalue weighted by Gasteiger charge is -2.24. The van der Waals surface area contributed by atoms with Crippen LogP contribution in [0.5, 0.6) is 0 Å². The van der Waals surface area contributed by atoms with Gasteiger partial charge in [-0.15, -0.1) is 0 Å². The van der Waals surface area contributed by atoms with Crippen molar-refractivity contribution in [2.75, 3.05) is 41.7 Å². The fourth-order valence-electron chi connectivity index (χ4n) is 3.91. The zero-order valence-electron chi connectivity index (χ0n) is 16.0. The summed E-state index contributed by atoms with van der Waals surface area (Å²) in [7, 11) is 0. The fraction of sp³-hybridized carbons (Fsp3) is 0.364. The number of amides is 1. The molecule has 0 spiro atoms. The van der Waals surface area contributed by atoms with E-state index < -0.39 is 0 Å². The molecule has 2 fully saturated rings.